The lowest BCUT2D eigenvalue weighted by Crippen LogP contribution is -2.46. The molecule has 0 radical (unpaired) electrons. The van der Waals surface area contributed by atoms with Crippen molar-refractivity contribution in [1.29, 1.82) is 0 Å². The van der Waals surface area contributed by atoms with E-state index >= 15 is 0 Å². The Balaban J connectivity index is 1.53. The molecule has 9 nitrogen and oxygen atoms in total. The van der Waals surface area contributed by atoms with Gasteiger partial charge in [-0.1, -0.05) is 23.2 Å². The molecule has 3 heterocycles. The molecular weight excluding hydrogens is 541 g/mol. The van der Waals surface area contributed by atoms with Gasteiger partial charge in [0, 0.05) is 37.8 Å². The lowest BCUT2D eigenvalue weighted by atomic mass is 10.2. The first-order valence-corrected chi connectivity index (χ1v) is 14.7. The highest BCUT2D eigenvalue weighted by atomic mass is 35.5. The Morgan fingerprint density at radius 2 is 1.95 bits per heavy atom. The van der Waals surface area contributed by atoms with E-state index in [1.807, 2.05) is 0 Å². The van der Waals surface area contributed by atoms with Gasteiger partial charge in [0.15, 0.2) is 0 Å². The van der Waals surface area contributed by atoms with E-state index in [1.54, 1.807) is 23.3 Å². The van der Waals surface area contributed by atoms with Crippen molar-refractivity contribution in [2.24, 2.45) is 0 Å². The molecule has 0 aliphatic carbocycles. The summed E-state index contributed by atoms with van der Waals surface area (Å²) in [6.07, 6.45) is 3.79. The third kappa shape index (κ3) is 7.92. The van der Waals surface area contributed by atoms with Crippen LogP contribution in [0.15, 0.2) is 45.9 Å². The lowest BCUT2D eigenvalue weighted by molar-refractivity contribution is -0.134. The van der Waals surface area contributed by atoms with E-state index in [1.165, 1.54) is 22.5 Å². The van der Waals surface area contributed by atoms with E-state index < -0.39 is 10.0 Å². The third-order valence-electron chi connectivity index (χ3n) is 6.54. The van der Waals surface area contributed by atoms with E-state index in [9.17, 15) is 13.2 Å². The van der Waals surface area contributed by atoms with Crippen molar-refractivity contribution >= 4 is 39.1 Å². The molecule has 2 fully saturated rings. The quantitative estimate of drug-likeness (QED) is 0.383. The second-order valence-corrected chi connectivity index (χ2v) is 12.0. The summed E-state index contributed by atoms with van der Waals surface area (Å²) < 4.78 is 45.3. The van der Waals surface area contributed by atoms with Gasteiger partial charge in [-0.3, -0.25) is 9.69 Å². The summed E-state index contributed by atoms with van der Waals surface area (Å²) in [7, 11) is -4.10. The van der Waals surface area contributed by atoms with Crippen molar-refractivity contribution in [1.82, 2.24) is 14.1 Å². The average molecular weight is 575 g/mol. The van der Waals surface area contributed by atoms with Gasteiger partial charge in [-0.15, -0.1) is 0 Å². The van der Waals surface area contributed by atoms with E-state index in [0.29, 0.717) is 45.1 Å². The van der Waals surface area contributed by atoms with Gasteiger partial charge in [0.05, 0.1) is 43.7 Å². The molecule has 2 aromatic rings. The summed E-state index contributed by atoms with van der Waals surface area (Å²) in [5.41, 5.74) is 0. The number of nitrogens with zero attached hydrogens (tertiary/aromatic N) is 3. The van der Waals surface area contributed by atoms with Gasteiger partial charge >= 0.3 is 0 Å². The molecule has 1 aromatic heterocycles. The normalized spacial score (nSPS) is 18.9. The Kier molecular flexibility index (Phi) is 10.3. The van der Waals surface area contributed by atoms with Crippen LogP contribution in [0.5, 0.6) is 0 Å². The van der Waals surface area contributed by atoms with E-state index in [4.69, 9.17) is 37.1 Å². The largest absolute Gasteiger partial charge is 0.467 e. The van der Waals surface area contributed by atoms with E-state index in [-0.39, 0.29) is 46.6 Å². The molecule has 0 N–H and O–H groups in total. The van der Waals surface area contributed by atoms with Crippen LogP contribution in [0.2, 0.25) is 10.0 Å². The van der Waals surface area contributed by atoms with Crippen molar-refractivity contribution in [2.75, 3.05) is 59.1 Å². The van der Waals surface area contributed by atoms with E-state index in [0.717, 1.165) is 25.9 Å². The van der Waals surface area contributed by atoms with Crippen molar-refractivity contribution in [3.05, 3.63) is 52.4 Å². The molecule has 1 unspecified atom stereocenters. The number of halogens is 2. The highest BCUT2D eigenvalue weighted by Crippen LogP contribution is 2.28. The zero-order chi connectivity index (χ0) is 26.3. The lowest BCUT2D eigenvalue weighted by Gasteiger charge is -2.30. The van der Waals surface area contributed by atoms with Gasteiger partial charge in [-0.2, -0.15) is 4.31 Å². The van der Waals surface area contributed by atoms with Gasteiger partial charge in [0.25, 0.3) is 0 Å². The van der Waals surface area contributed by atoms with Crippen LogP contribution in [0.4, 0.5) is 0 Å². The monoisotopic (exact) mass is 573 g/mol. The SMILES string of the molecule is O=C(CN(CCCN1CCOCC1)S(=O)(=O)c1cc(Cl)ccc1Cl)N(Cc1ccco1)CC1CCCO1. The van der Waals surface area contributed by atoms with Crippen molar-refractivity contribution in [3.63, 3.8) is 0 Å². The zero-order valence-electron chi connectivity index (χ0n) is 20.7. The molecule has 37 heavy (non-hydrogen) atoms. The average Bonchev–Trinajstić information content (AvgIpc) is 3.59. The number of ether oxygens (including phenoxy) is 2. The molecule has 2 aliphatic heterocycles. The molecule has 2 aliphatic rings. The number of hydrogen-bond acceptors (Lipinski definition) is 7. The topological polar surface area (TPSA) is 92.5 Å². The molecule has 204 valence electrons. The minimum atomic E-state index is -4.10. The maximum absolute atomic E-state index is 13.7. The fourth-order valence-corrected chi connectivity index (χ4v) is 6.69. The Labute approximate surface area is 228 Å². The third-order valence-corrected chi connectivity index (χ3v) is 9.10. The molecule has 1 atom stereocenters. The molecule has 1 amide bonds. The molecule has 12 heteroatoms. The van der Waals surface area contributed by atoms with Gasteiger partial charge < -0.3 is 18.8 Å². The standard InChI is InChI=1S/C25H33Cl2N3O6S/c26-20-6-7-23(27)24(16-20)37(32,33)30(9-3-8-28-10-14-34-15-11-28)19-25(31)29(17-21-4-1-12-35-21)18-22-5-2-13-36-22/h1,4,6-7,12,16,22H,2-3,5,8-11,13-15,17-19H2. The summed E-state index contributed by atoms with van der Waals surface area (Å²) in [6.45, 7) is 4.66. The smallest absolute Gasteiger partial charge is 0.245 e. The summed E-state index contributed by atoms with van der Waals surface area (Å²) in [6, 6.07) is 7.85. The Bertz CT molecular complexity index is 1120. The van der Waals surface area contributed by atoms with Gasteiger partial charge in [0.2, 0.25) is 15.9 Å². The molecule has 0 bridgehead atoms. The minimum absolute atomic E-state index is 0.0572. The number of benzene rings is 1. The van der Waals surface area contributed by atoms with Crippen molar-refractivity contribution in [3.8, 4) is 0 Å². The number of rotatable bonds is 12. The second kappa shape index (κ2) is 13.4. The molecule has 0 spiro atoms. The first-order valence-electron chi connectivity index (χ1n) is 12.5. The first kappa shape index (κ1) is 28.4. The number of carbonyl (C=O) groups is 1. The maximum atomic E-state index is 13.7. The van der Waals surface area contributed by atoms with Gasteiger partial charge in [-0.25, -0.2) is 8.42 Å². The molecular formula is C25H33Cl2N3O6S. The van der Waals surface area contributed by atoms with Crippen LogP contribution >= 0.6 is 23.2 Å². The summed E-state index contributed by atoms with van der Waals surface area (Å²) in [4.78, 5) is 17.3. The highest BCUT2D eigenvalue weighted by molar-refractivity contribution is 7.89. The predicted molar refractivity (Wildman–Crippen MR) is 140 cm³/mol. The first-order chi connectivity index (χ1) is 17.8. The zero-order valence-corrected chi connectivity index (χ0v) is 23.0. The van der Waals surface area contributed by atoms with Crippen LogP contribution in [0, 0.1) is 0 Å². The van der Waals surface area contributed by atoms with Crippen LogP contribution in [0.3, 0.4) is 0 Å². The van der Waals surface area contributed by atoms with Crippen LogP contribution in [-0.4, -0.2) is 93.6 Å². The Morgan fingerprint density at radius 3 is 2.65 bits per heavy atom. The van der Waals surface area contributed by atoms with Crippen LogP contribution in [0.25, 0.3) is 0 Å². The number of sulfonamides is 1. The number of amides is 1. The van der Waals surface area contributed by atoms with Crippen molar-refractivity contribution in [2.45, 2.75) is 36.8 Å². The van der Waals surface area contributed by atoms with Gasteiger partial charge in [-0.05, 0) is 56.1 Å². The number of hydrogen-bond donors (Lipinski definition) is 0. The fraction of sp³-hybridized carbons (Fsp3) is 0.560. The van der Waals surface area contributed by atoms with Crippen LogP contribution in [-0.2, 0) is 30.8 Å². The van der Waals surface area contributed by atoms with Crippen LogP contribution < -0.4 is 0 Å². The van der Waals surface area contributed by atoms with Crippen molar-refractivity contribution < 1.29 is 27.1 Å². The highest BCUT2D eigenvalue weighted by Gasteiger charge is 2.32. The van der Waals surface area contributed by atoms with E-state index in [2.05, 4.69) is 4.90 Å². The summed E-state index contributed by atoms with van der Waals surface area (Å²) >= 11 is 12.4. The molecule has 4 rings (SSSR count). The van der Waals surface area contributed by atoms with Gasteiger partial charge in [0.1, 0.15) is 10.7 Å². The van der Waals surface area contributed by atoms with Crippen LogP contribution in [0.1, 0.15) is 25.0 Å². The number of carbonyl (C=O) groups excluding carboxylic acids is 1. The Hall–Kier alpha value is -1.66. The minimum Gasteiger partial charge on any atom is -0.467 e. The second-order valence-electron chi connectivity index (χ2n) is 9.21. The maximum Gasteiger partial charge on any atom is 0.245 e. The predicted octanol–water partition coefficient (Wildman–Crippen LogP) is 3.51. The number of morpholine rings is 1. The Morgan fingerprint density at radius 1 is 1.14 bits per heavy atom. The molecule has 1 aromatic carbocycles. The fourth-order valence-electron chi connectivity index (χ4n) is 4.52. The molecule has 2 saturated heterocycles. The molecule has 0 saturated carbocycles. The summed E-state index contributed by atoms with van der Waals surface area (Å²) in [5.74, 6) is 0.283. The summed E-state index contributed by atoms with van der Waals surface area (Å²) in [5, 5.41) is 0.308. The number of furan rings is 1.